The second-order valence-electron chi connectivity index (χ2n) is 8.55. The molecule has 2 aromatic carbocycles. The summed E-state index contributed by atoms with van der Waals surface area (Å²) in [5, 5.41) is 2.63. The second-order valence-corrected chi connectivity index (χ2v) is 8.55. The van der Waals surface area contributed by atoms with Gasteiger partial charge in [0.15, 0.2) is 6.61 Å². The molecule has 1 aliphatic heterocycles. The number of anilines is 2. The third-order valence-corrected chi connectivity index (χ3v) is 6.24. The Labute approximate surface area is 191 Å². The van der Waals surface area contributed by atoms with E-state index in [1.54, 1.807) is 36.4 Å². The summed E-state index contributed by atoms with van der Waals surface area (Å²) in [4.78, 5) is 51.3. The maximum absolute atomic E-state index is 12.8. The Bertz CT molecular complexity index is 1080. The average Bonchev–Trinajstić information content (AvgIpc) is 3.06. The van der Waals surface area contributed by atoms with Crippen LogP contribution in [0.1, 0.15) is 36.5 Å². The molecule has 0 spiro atoms. The summed E-state index contributed by atoms with van der Waals surface area (Å²) < 4.78 is 10.2. The zero-order chi connectivity index (χ0) is 23.5. The molecular formula is C25H26N2O6. The lowest BCUT2D eigenvalue weighted by Gasteiger charge is -2.25. The van der Waals surface area contributed by atoms with Crippen LogP contribution < -0.4 is 15.0 Å². The molecule has 0 radical (unpaired) electrons. The molecule has 0 aromatic heterocycles. The molecule has 1 N–H and O–H groups in total. The number of nitrogens with zero attached hydrogens (tertiary/aromatic N) is 1. The Morgan fingerprint density at radius 2 is 1.76 bits per heavy atom. The average molecular weight is 450 g/mol. The molecule has 172 valence electrons. The molecule has 3 amide bonds. The minimum Gasteiger partial charge on any atom is -0.497 e. The van der Waals surface area contributed by atoms with Crippen LogP contribution in [0.3, 0.4) is 0 Å². The van der Waals surface area contributed by atoms with Gasteiger partial charge in [-0.2, -0.15) is 0 Å². The van der Waals surface area contributed by atoms with Gasteiger partial charge in [0.05, 0.1) is 30.2 Å². The molecule has 8 heteroatoms. The lowest BCUT2D eigenvalue weighted by atomic mass is 9.76. The molecule has 8 nitrogen and oxygen atoms in total. The summed E-state index contributed by atoms with van der Waals surface area (Å²) in [6, 6.07) is 12.9. The van der Waals surface area contributed by atoms with Crippen molar-refractivity contribution in [2.75, 3.05) is 23.9 Å². The number of ether oxygens (including phenoxy) is 2. The van der Waals surface area contributed by atoms with Crippen molar-refractivity contribution in [1.29, 1.82) is 0 Å². The highest BCUT2D eigenvalue weighted by molar-refractivity contribution is 6.22. The van der Waals surface area contributed by atoms with Crippen LogP contribution in [0.4, 0.5) is 11.4 Å². The maximum Gasteiger partial charge on any atom is 0.338 e. The van der Waals surface area contributed by atoms with E-state index in [0.717, 1.165) is 19.3 Å². The topological polar surface area (TPSA) is 102 Å². The zero-order valence-electron chi connectivity index (χ0n) is 18.6. The van der Waals surface area contributed by atoms with Crippen molar-refractivity contribution in [2.45, 2.75) is 26.2 Å². The quantitative estimate of drug-likeness (QED) is 0.535. The second kappa shape index (κ2) is 9.44. The molecule has 1 saturated carbocycles. The molecular weight excluding hydrogens is 424 g/mol. The van der Waals surface area contributed by atoms with Crippen LogP contribution in [0.5, 0.6) is 5.75 Å². The van der Waals surface area contributed by atoms with Crippen LogP contribution in [0.2, 0.25) is 0 Å². The number of hydrogen-bond donors (Lipinski definition) is 1. The van der Waals surface area contributed by atoms with Crippen LogP contribution in [-0.4, -0.2) is 37.4 Å². The third-order valence-electron chi connectivity index (χ3n) is 6.24. The van der Waals surface area contributed by atoms with Gasteiger partial charge in [-0.25, -0.2) is 4.79 Å². The highest BCUT2D eigenvalue weighted by Gasteiger charge is 2.49. The summed E-state index contributed by atoms with van der Waals surface area (Å²) >= 11 is 0. The number of carbonyl (C=O) groups is 4. The fraction of sp³-hybridized carbons (Fsp3) is 0.360. The largest absolute Gasteiger partial charge is 0.497 e. The first-order valence-electron chi connectivity index (χ1n) is 11.0. The van der Waals surface area contributed by atoms with Crippen molar-refractivity contribution < 1.29 is 28.7 Å². The fourth-order valence-electron chi connectivity index (χ4n) is 4.50. The van der Waals surface area contributed by atoms with E-state index in [-0.39, 0.29) is 29.2 Å². The van der Waals surface area contributed by atoms with Crippen molar-refractivity contribution in [3.8, 4) is 5.75 Å². The number of fused-ring (bicyclic) bond motifs is 1. The van der Waals surface area contributed by atoms with Crippen LogP contribution in [-0.2, 0) is 19.1 Å². The Hall–Kier alpha value is -3.68. The number of nitrogens with one attached hydrogen (secondary N) is 1. The van der Waals surface area contributed by atoms with Gasteiger partial charge in [-0.3, -0.25) is 19.3 Å². The molecule has 1 heterocycles. The van der Waals surface area contributed by atoms with Crippen LogP contribution in [0.15, 0.2) is 48.5 Å². The minimum atomic E-state index is -0.677. The van der Waals surface area contributed by atoms with E-state index in [1.807, 2.05) is 0 Å². The van der Waals surface area contributed by atoms with Gasteiger partial charge < -0.3 is 14.8 Å². The van der Waals surface area contributed by atoms with Crippen LogP contribution in [0.25, 0.3) is 0 Å². The molecule has 0 bridgehead atoms. The van der Waals surface area contributed by atoms with E-state index in [1.165, 1.54) is 24.1 Å². The molecule has 33 heavy (non-hydrogen) atoms. The third kappa shape index (κ3) is 4.74. The summed E-state index contributed by atoms with van der Waals surface area (Å²) in [6.45, 7) is 1.65. The standard InChI is InChI=1S/C25H26N2O6/c1-15-6-11-20-21(12-15)24(30)27(23(20)29)18-9-7-16(8-10-18)25(31)33-14-22(28)26-17-4-3-5-19(13-17)32-2/h3-5,7-10,13,15,20-21H,6,11-12,14H2,1-2H3,(H,26,28)/t15-,20+,21+/m0/s1. The minimum absolute atomic E-state index is 0.165. The Morgan fingerprint density at radius 3 is 2.48 bits per heavy atom. The fourth-order valence-corrected chi connectivity index (χ4v) is 4.50. The number of carbonyl (C=O) groups excluding carboxylic acids is 4. The molecule has 2 aromatic rings. The molecule has 2 fully saturated rings. The predicted octanol–water partition coefficient (Wildman–Crippen LogP) is 3.42. The first-order valence-corrected chi connectivity index (χ1v) is 11.0. The Kier molecular flexibility index (Phi) is 6.44. The van der Waals surface area contributed by atoms with E-state index in [0.29, 0.717) is 23.0 Å². The van der Waals surface area contributed by atoms with Gasteiger partial charge in [0.1, 0.15) is 5.75 Å². The van der Waals surface area contributed by atoms with Gasteiger partial charge >= 0.3 is 5.97 Å². The SMILES string of the molecule is COc1cccc(NC(=O)COC(=O)c2ccc(N3C(=O)[C@@H]4CC[C@H](C)C[C@H]4C3=O)cc2)c1. The van der Waals surface area contributed by atoms with Gasteiger partial charge in [0.25, 0.3) is 5.91 Å². The highest BCUT2D eigenvalue weighted by Crippen LogP contribution is 2.42. The van der Waals surface area contributed by atoms with Gasteiger partial charge in [-0.15, -0.1) is 0 Å². The summed E-state index contributed by atoms with van der Waals surface area (Å²) in [6.07, 6.45) is 2.41. The lowest BCUT2D eigenvalue weighted by Crippen LogP contribution is -2.30. The van der Waals surface area contributed by atoms with Gasteiger partial charge in [0.2, 0.25) is 11.8 Å². The van der Waals surface area contributed by atoms with Crippen molar-refractivity contribution >= 4 is 35.1 Å². The van der Waals surface area contributed by atoms with Crippen molar-refractivity contribution in [3.05, 3.63) is 54.1 Å². The summed E-state index contributed by atoms with van der Waals surface area (Å²) in [5.41, 5.74) is 1.19. The van der Waals surface area contributed by atoms with E-state index in [2.05, 4.69) is 12.2 Å². The molecule has 2 aliphatic rings. The van der Waals surface area contributed by atoms with Gasteiger partial charge in [-0.1, -0.05) is 13.0 Å². The number of benzene rings is 2. The number of esters is 1. The highest BCUT2D eigenvalue weighted by atomic mass is 16.5. The smallest absolute Gasteiger partial charge is 0.338 e. The van der Waals surface area contributed by atoms with Gasteiger partial charge in [-0.05, 0) is 61.6 Å². The van der Waals surface area contributed by atoms with Crippen molar-refractivity contribution in [3.63, 3.8) is 0 Å². The van der Waals surface area contributed by atoms with E-state index >= 15 is 0 Å². The maximum atomic E-state index is 12.8. The number of methoxy groups -OCH3 is 1. The Balaban J connectivity index is 1.35. The van der Waals surface area contributed by atoms with E-state index in [4.69, 9.17) is 9.47 Å². The summed E-state index contributed by atoms with van der Waals surface area (Å²) in [5.74, 6) is -0.977. The first kappa shape index (κ1) is 22.5. The molecule has 3 atom stereocenters. The molecule has 0 unspecified atom stereocenters. The summed E-state index contributed by atoms with van der Waals surface area (Å²) in [7, 11) is 1.52. The number of amides is 3. The molecule has 1 saturated heterocycles. The predicted molar refractivity (Wildman–Crippen MR) is 121 cm³/mol. The van der Waals surface area contributed by atoms with Gasteiger partial charge in [0, 0.05) is 11.8 Å². The number of imide groups is 1. The number of rotatable bonds is 6. The van der Waals surface area contributed by atoms with E-state index < -0.39 is 18.5 Å². The van der Waals surface area contributed by atoms with Crippen molar-refractivity contribution in [1.82, 2.24) is 0 Å². The molecule has 1 aliphatic carbocycles. The van der Waals surface area contributed by atoms with Crippen LogP contribution >= 0.6 is 0 Å². The first-order chi connectivity index (χ1) is 15.9. The number of hydrogen-bond acceptors (Lipinski definition) is 6. The normalized spacial score (nSPS) is 22.0. The van der Waals surface area contributed by atoms with Crippen LogP contribution in [0, 0.1) is 17.8 Å². The molecule has 4 rings (SSSR count). The monoisotopic (exact) mass is 450 g/mol. The lowest BCUT2D eigenvalue weighted by molar-refractivity contribution is -0.122. The van der Waals surface area contributed by atoms with E-state index in [9.17, 15) is 19.2 Å². The Morgan fingerprint density at radius 1 is 1.03 bits per heavy atom. The van der Waals surface area contributed by atoms with Crippen molar-refractivity contribution in [2.24, 2.45) is 17.8 Å². The zero-order valence-corrected chi connectivity index (χ0v) is 18.6.